The highest BCUT2D eigenvalue weighted by molar-refractivity contribution is 5.98. The van der Waals surface area contributed by atoms with Crippen molar-refractivity contribution in [3.63, 3.8) is 0 Å². The van der Waals surface area contributed by atoms with E-state index in [0.717, 1.165) is 17.1 Å². The van der Waals surface area contributed by atoms with E-state index in [1.807, 2.05) is 0 Å². The zero-order valence-electron chi connectivity index (χ0n) is 48.0. The third-order valence-corrected chi connectivity index (χ3v) is 19.3. The summed E-state index contributed by atoms with van der Waals surface area (Å²) < 4.78 is 0. The SMILES string of the molecule is CC(C)(C)c1ccc2c(c1)C1(c3ccccc3-c3ccc(N(c4ccc(-c5ccccc5-c5cccc6c5C(C)(C)c5ccccc5-6)cc4)c4ccc5c(c4)C(C)(c4ccccc4)c4ccccc4-5)cc31)c1cc(C(C)(C)C)ccc1-2. The van der Waals surface area contributed by atoms with E-state index >= 15 is 0 Å². The van der Waals surface area contributed by atoms with Crippen molar-refractivity contribution in [1.82, 2.24) is 0 Å². The van der Waals surface area contributed by atoms with Crippen LogP contribution in [0.4, 0.5) is 17.1 Å². The summed E-state index contributed by atoms with van der Waals surface area (Å²) in [5, 5.41) is 0. The summed E-state index contributed by atoms with van der Waals surface area (Å²) in [4.78, 5) is 2.54. The second-order valence-electron chi connectivity index (χ2n) is 26.1. The van der Waals surface area contributed by atoms with E-state index in [4.69, 9.17) is 0 Å². The number of anilines is 3. The fraction of sp³-hybridized carbons (Fsp3) is 0.175. The van der Waals surface area contributed by atoms with E-state index in [2.05, 4.69) is 310 Å². The number of hydrogen-bond acceptors (Lipinski definition) is 1. The van der Waals surface area contributed by atoms with Crippen LogP contribution in [0.25, 0.3) is 66.8 Å². The second-order valence-corrected chi connectivity index (χ2v) is 26.1. The Hall–Kier alpha value is -8.78. The van der Waals surface area contributed by atoms with Gasteiger partial charge in [0.1, 0.15) is 0 Å². The molecule has 0 N–H and O–H groups in total. The Morgan fingerprint density at radius 2 is 0.679 bits per heavy atom. The van der Waals surface area contributed by atoms with Crippen molar-refractivity contribution in [2.75, 3.05) is 4.90 Å². The molecule has 0 aromatic heterocycles. The molecule has 4 aliphatic rings. The molecule has 11 aromatic rings. The first-order valence-electron chi connectivity index (χ1n) is 29.2. The van der Waals surface area contributed by atoms with E-state index in [-0.39, 0.29) is 21.7 Å². The maximum Gasteiger partial charge on any atom is 0.0726 e. The highest BCUT2D eigenvalue weighted by Crippen LogP contribution is 2.65. The number of hydrogen-bond donors (Lipinski definition) is 0. The molecule has 1 atom stereocenters. The molecular weight excluding hydrogens is 975 g/mol. The Balaban J connectivity index is 0.953. The van der Waals surface area contributed by atoms with Gasteiger partial charge >= 0.3 is 0 Å². The third kappa shape index (κ3) is 6.97. The highest BCUT2D eigenvalue weighted by atomic mass is 15.1. The molecule has 0 saturated carbocycles. The standard InChI is InChI=1S/C80H67N/c1-76(2,3)52-36-42-63-64-43-37-53(77(4,5)6)47-73(64)80(72(63)46-52)70-33-20-17-27-60(70)65-45-41-56(49-74(65)80)81(55-40-44-62-59-26-16-19-32-69(59)79(9,71(62)48-55)51-22-11-10-12-23-51)54-38-34-50(35-39-54)57-24-13-14-25-58(57)66-29-21-30-67-61-28-15-18-31-68(61)78(7,8)75(66)67/h10-49H,1-9H3. The molecule has 0 amide bonds. The molecule has 0 heterocycles. The van der Waals surface area contributed by atoms with Crippen LogP contribution < -0.4 is 4.90 Å². The van der Waals surface area contributed by atoms with Gasteiger partial charge in [0.2, 0.25) is 0 Å². The van der Waals surface area contributed by atoms with Gasteiger partial charge in [0.15, 0.2) is 0 Å². The van der Waals surface area contributed by atoms with Crippen molar-refractivity contribution in [2.45, 2.75) is 89.4 Å². The van der Waals surface area contributed by atoms with Gasteiger partial charge in [-0.15, -0.1) is 0 Å². The Kier molecular flexibility index (Phi) is 10.6. The fourth-order valence-corrected chi connectivity index (χ4v) is 15.2. The van der Waals surface area contributed by atoms with Gasteiger partial charge < -0.3 is 4.90 Å². The zero-order chi connectivity index (χ0) is 55.4. The molecule has 1 spiro atoms. The molecule has 81 heavy (non-hydrogen) atoms. The van der Waals surface area contributed by atoms with Gasteiger partial charge in [-0.25, -0.2) is 0 Å². The van der Waals surface area contributed by atoms with Crippen molar-refractivity contribution in [1.29, 1.82) is 0 Å². The molecule has 0 fully saturated rings. The smallest absolute Gasteiger partial charge is 0.0726 e. The number of benzene rings is 11. The minimum atomic E-state index is -0.548. The van der Waals surface area contributed by atoms with E-state index in [1.165, 1.54) is 128 Å². The molecule has 392 valence electrons. The van der Waals surface area contributed by atoms with Crippen molar-refractivity contribution >= 4 is 17.1 Å². The van der Waals surface area contributed by atoms with Crippen LogP contribution in [-0.2, 0) is 27.1 Å². The van der Waals surface area contributed by atoms with Gasteiger partial charge in [0, 0.05) is 27.9 Å². The molecule has 1 nitrogen and oxygen atoms in total. The van der Waals surface area contributed by atoms with Crippen molar-refractivity contribution < 1.29 is 0 Å². The van der Waals surface area contributed by atoms with E-state index in [1.54, 1.807) is 0 Å². The summed E-state index contributed by atoms with van der Waals surface area (Å²) >= 11 is 0. The summed E-state index contributed by atoms with van der Waals surface area (Å²) in [6, 6.07) is 93.2. The molecule has 0 radical (unpaired) electrons. The number of nitrogens with zero attached hydrogens (tertiary/aromatic N) is 1. The topological polar surface area (TPSA) is 3.24 Å². The van der Waals surface area contributed by atoms with Crippen LogP contribution in [0.3, 0.4) is 0 Å². The first-order valence-corrected chi connectivity index (χ1v) is 29.2. The van der Waals surface area contributed by atoms with Crippen molar-refractivity contribution in [3.8, 4) is 66.8 Å². The Morgan fingerprint density at radius 1 is 0.284 bits per heavy atom. The third-order valence-electron chi connectivity index (χ3n) is 19.3. The maximum atomic E-state index is 2.57. The Bertz CT molecular complexity index is 4340. The van der Waals surface area contributed by atoms with Crippen LogP contribution in [0.2, 0.25) is 0 Å². The summed E-state index contributed by atoms with van der Waals surface area (Å²) in [6.45, 7) is 21.3. The molecule has 4 aliphatic carbocycles. The lowest BCUT2D eigenvalue weighted by Crippen LogP contribution is -2.27. The fourth-order valence-electron chi connectivity index (χ4n) is 15.2. The van der Waals surface area contributed by atoms with Crippen LogP contribution in [0.15, 0.2) is 243 Å². The Labute approximate surface area is 479 Å². The van der Waals surface area contributed by atoms with Crippen molar-refractivity contribution in [3.05, 3.63) is 304 Å². The summed E-state index contributed by atoms with van der Waals surface area (Å²) in [6.07, 6.45) is 0. The lowest BCUT2D eigenvalue weighted by Gasteiger charge is -2.34. The molecule has 11 aromatic carbocycles. The summed E-state index contributed by atoms with van der Waals surface area (Å²) in [7, 11) is 0. The van der Waals surface area contributed by atoms with Crippen molar-refractivity contribution in [2.24, 2.45) is 0 Å². The maximum absolute atomic E-state index is 2.57. The van der Waals surface area contributed by atoms with Gasteiger partial charge in [-0.2, -0.15) is 0 Å². The Morgan fingerprint density at radius 3 is 1.26 bits per heavy atom. The average molecular weight is 1040 g/mol. The lowest BCUT2D eigenvalue weighted by atomic mass is 9.68. The normalized spacial score (nSPS) is 16.2. The summed E-state index contributed by atoms with van der Waals surface area (Å²) in [5.41, 5.74) is 32.6. The molecular formula is C80H67N. The molecule has 1 unspecified atom stereocenters. The van der Waals surface area contributed by atoms with Crippen LogP contribution in [-0.4, -0.2) is 0 Å². The zero-order valence-corrected chi connectivity index (χ0v) is 48.0. The number of rotatable bonds is 6. The minimum Gasteiger partial charge on any atom is -0.310 e. The largest absolute Gasteiger partial charge is 0.310 e. The number of fused-ring (bicyclic) bond motifs is 16. The van der Waals surface area contributed by atoms with Gasteiger partial charge in [-0.05, 0) is 182 Å². The van der Waals surface area contributed by atoms with Gasteiger partial charge in [0.05, 0.1) is 5.41 Å². The van der Waals surface area contributed by atoms with E-state index in [0.29, 0.717) is 0 Å². The van der Waals surface area contributed by atoms with E-state index < -0.39 is 5.41 Å². The second kappa shape index (κ2) is 17.4. The van der Waals surface area contributed by atoms with E-state index in [9.17, 15) is 0 Å². The van der Waals surface area contributed by atoms with Gasteiger partial charge in [0.25, 0.3) is 0 Å². The van der Waals surface area contributed by atoms with Crippen LogP contribution >= 0.6 is 0 Å². The average Bonchev–Trinajstić information content (AvgIpc) is 2.04. The molecule has 1 heteroatoms. The molecule has 0 aliphatic heterocycles. The molecule has 0 saturated heterocycles. The molecule has 15 rings (SSSR count). The van der Waals surface area contributed by atoms with Gasteiger partial charge in [-0.1, -0.05) is 262 Å². The van der Waals surface area contributed by atoms with Crippen LogP contribution in [0, 0.1) is 0 Å². The minimum absolute atomic E-state index is 0.0428. The summed E-state index contributed by atoms with van der Waals surface area (Å²) in [5.74, 6) is 0. The first-order chi connectivity index (χ1) is 39.1. The molecule has 0 bridgehead atoms. The van der Waals surface area contributed by atoms with Gasteiger partial charge in [-0.3, -0.25) is 0 Å². The van der Waals surface area contributed by atoms with Crippen LogP contribution in [0.1, 0.15) is 124 Å². The van der Waals surface area contributed by atoms with Crippen LogP contribution in [0.5, 0.6) is 0 Å². The first kappa shape index (κ1) is 49.3. The predicted molar refractivity (Wildman–Crippen MR) is 341 cm³/mol. The highest BCUT2D eigenvalue weighted by Gasteiger charge is 2.53. The quantitative estimate of drug-likeness (QED) is 0.160. The monoisotopic (exact) mass is 1040 g/mol. The predicted octanol–water partition coefficient (Wildman–Crippen LogP) is 21.1. The lowest BCUT2D eigenvalue weighted by molar-refractivity contribution is 0.586.